The Labute approximate surface area is 83.8 Å². The molecule has 4 heteroatoms. The SMILES string of the molecule is CC1CCCCC1OCC(F)(F)CN. The van der Waals surface area contributed by atoms with Crippen LogP contribution in [0.3, 0.4) is 0 Å². The molecule has 0 amide bonds. The molecule has 0 heterocycles. The van der Waals surface area contributed by atoms with Gasteiger partial charge in [0.1, 0.15) is 6.61 Å². The van der Waals surface area contributed by atoms with Crippen molar-refractivity contribution in [1.29, 1.82) is 0 Å². The summed E-state index contributed by atoms with van der Waals surface area (Å²) >= 11 is 0. The van der Waals surface area contributed by atoms with Gasteiger partial charge < -0.3 is 10.5 Å². The van der Waals surface area contributed by atoms with Gasteiger partial charge in [-0.05, 0) is 18.8 Å². The van der Waals surface area contributed by atoms with Crippen molar-refractivity contribution < 1.29 is 13.5 Å². The molecule has 0 bridgehead atoms. The molecule has 0 aromatic rings. The molecule has 84 valence electrons. The standard InChI is InChI=1S/C10H19F2NO/c1-8-4-2-3-5-9(8)14-7-10(11,12)6-13/h8-9H,2-7,13H2,1H3. The third-order valence-corrected chi connectivity index (χ3v) is 2.84. The number of nitrogens with two attached hydrogens (primary N) is 1. The molecule has 0 aliphatic heterocycles. The zero-order valence-corrected chi connectivity index (χ0v) is 8.64. The molecule has 1 aliphatic rings. The molecule has 0 spiro atoms. The minimum Gasteiger partial charge on any atom is -0.372 e. The van der Waals surface area contributed by atoms with E-state index in [-0.39, 0.29) is 6.10 Å². The highest BCUT2D eigenvalue weighted by molar-refractivity contribution is 4.74. The molecule has 2 N–H and O–H groups in total. The predicted octanol–water partition coefficient (Wildman–Crippen LogP) is 2.18. The molecule has 1 rings (SSSR count). The van der Waals surface area contributed by atoms with Gasteiger partial charge in [-0.3, -0.25) is 0 Å². The summed E-state index contributed by atoms with van der Waals surface area (Å²) in [6, 6.07) is 0. The third-order valence-electron chi connectivity index (χ3n) is 2.84. The summed E-state index contributed by atoms with van der Waals surface area (Å²) in [4.78, 5) is 0. The molecular formula is C10H19F2NO. The fourth-order valence-electron chi connectivity index (χ4n) is 1.82. The maximum atomic E-state index is 12.8. The highest BCUT2D eigenvalue weighted by Gasteiger charge is 2.30. The first-order valence-electron chi connectivity index (χ1n) is 5.24. The highest BCUT2D eigenvalue weighted by atomic mass is 19.3. The van der Waals surface area contributed by atoms with Crippen LogP contribution in [0.1, 0.15) is 32.6 Å². The molecule has 0 aromatic carbocycles. The van der Waals surface area contributed by atoms with Crippen LogP contribution in [0.15, 0.2) is 0 Å². The van der Waals surface area contributed by atoms with E-state index in [1.54, 1.807) is 0 Å². The van der Waals surface area contributed by atoms with Crippen molar-refractivity contribution in [3.63, 3.8) is 0 Å². The topological polar surface area (TPSA) is 35.2 Å². The summed E-state index contributed by atoms with van der Waals surface area (Å²) in [6.45, 7) is 0.900. The molecular weight excluding hydrogens is 188 g/mol. The van der Waals surface area contributed by atoms with Gasteiger partial charge in [0.2, 0.25) is 0 Å². The zero-order valence-electron chi connectivity index (χ0n) is 8.64. The van der Waals surface area contributed by atoms with Crippen molar-refractivity contribution in [2.75, 3.05) is 13.2 Å². The van der Waals surface area contributed by atoms with Crippen molar-refractivity contribution in [1.82, 2.24) is 0 Å². The van der Waals surface area contributed by atoms with Gasteiger partial charge in [-0.2, -0.15) is 0 Å². The molecule has 14 heavy (non-hydrogen) atoms. The first-order valence-corrected chi connectivity index (χ1v) is 5.24. The average molecular weight is 207 g/mol. The molecule has 0 saturated heterocycles. The van der Waals surface area contributed by atoms with Crippen molar-refractivity contribution in [3.05, 3.63) is 0 Å². The Morgan fingerprint density at radius 1 is 1.36 bits per heavy atom. The lowest BCUT2D eigenvalue weighted by atomic mass is 9.88. The molecule has 1 saturated carbocycles. The van der Waals surface area contributed by atoms with Crippen LogP contribution < -0.4 is 5.73 Å². The Bertz CT molecular complexity index is 176. The fraction of sp³-hybridized carbons (Fsp3) is 1.00. The highest BCUT2D eigenvalue weighted by Crippen LogP contribution is 2.27. The fourth-order valence-corrected chi connectivity index (χ4v) is 1.82. The van der Waals surface area contributed by atoms with Crippen LogP contribution >= 0.6 is 0 Å². The Morgan fingerprint density at radius 2 is 2.00 bits per heavy atom. The zero-order chi connectivity index (χ0) is 10.6. The number of hydrogen-bond acceptors (Lipinski definition) is 2. The minimum atomic E-state index is -2.86. The van der Waals surface area contributed by atoms with E-state index < -0.39 is 19.1 Å². The summed E-state index contributed by atoms with van der Waals surface area (Å²) in [5.74, 6) is -2.46. The van der Waals surface area contributed by atoms with E-state index in [1.807, 2.05) is 0 Å². The lowest BCUT2D eigenvalue weighted by molar-refractivity contribution is -0.110. The summed E-state index contributed by atoms with van der Waals surface area (Å²) in [5, 5.41) is 0. The quantitative estimate of drug-likeness (QED) is 0.766. The van der Waals surface area contributed by atoms with Gasteiger partial charge >= 0.3 is 0 Å². The summed E-state index contributed by atoms with van der Waals surface area (Å²) < 4.78 is 30.8. The van der Waals surface area contributed by atoms with E-state index in [0.29, 0.717) is 5.92 Å². The first kappa shape index (κ1) is 11.9. The van der Waals surface area contributed by atoms with Gasteiger partial charge in [0.25, 0.3) is 5.92 Å². The Kier molecular flexibility index (Phi) is 4.26. The van der Waals surface area contributed by atoms with E-state index in [1.165, 1.54) is 6.42 Å². The number of ether oxygens (including phenoxy) is 1. The number of alkyl halides is 2. The second-order valence-corrected chi connectivity index (χ2v) is 4.17. The van der Waals surface area contributed by atoms with Crippen LogP contribution in [0, 0.1) is 5.92 Å². The lowest BCUT2D eigenvalue weighted by Gasteiger charge is -2.30. The molecule has 2 unspecified atom stereocenters. The molecule has 2 nitrogen and oxygen atoms in total. The maximum Gasteiger partial charge on any atom is 0.282 e. The van der Waals surface area contributed by atoms with Gasteiger partial charge in [-0.25, -0.2) is 8.78 Å². The summed E-state index contributed by atoms with van der Waals surface area (Å²) in [5.41, 5.74) is 4.93. The number of halogens is 2. The van der Waals surface area contributed by atoms with Gasteiger partial charge in [0, 0.05) is 0 Å². The molecule has 0 aromatic heterocycles. The smallest absolute Gasteiger partial charge is 0.282 e. The predicted molar refractivity (Wildman–Crippen MR) is 51.4 cm³/mol. The van der Waals surface area contributed by atoms with Gasteiger partial charge in [0.05, 0.1) is 12.6 Å². The second kappa shape index (κ2) is 5.03. The Hall–Kier alpha value is -0.220. The Morgan fingerprint density at radius 3 is 2.57 bits per heavy atom. The van der Waals surface area contributed by atoms with E-state index in [0.717, 1.165) is 19.3 Å². The van der Waals surface area contributed by atoms with E-state index >= 15 is 0 Å². The summed E-state index contributed by atoms with van der Waals surface area (Å²) in [6.07, 6.45) is 4.26. The van der Waals surface area contributed by atoms with E-state index in [2.05, 4.69) is 6.92 Å². The maximum absolute atomic E-state index is 12.8. The van der Waals surface area contributed by atoms with Crippen molar-refractivity contribution >= 4 is 0 Å². The average Bonchev–Trinajstić information content (AvgIpc) is 2.17. The van der Waals surface area contributed by atoms with Gasteiger partial charge in [0.15, 0.2) is 0 Å². The monoisotopic (exact) mass is 207 g/mol. The van der Waals surface area contributed by atoms with Gasteiger partial charge in [-0.15, -0.1) is 0 Å². The first-order chi connectivity index (χ1) is 6.55. The van der Waals surface area contributed by atoms with Gasteiger partial charge in [-0.1, -0.05) is 19.8 Å². The largest absolute Gasteiger partial charge is 0.372 e. The second-order valence-electron chi connectivity index (χ2n) is 4.17. The van der Waals surface area contributed by atoms with Crippen molar-refractivity contribution in [2.45, 2.75) is 44.6 Å². The van der Waals surface area contributed by atoms with Crippen LogP contribution in [0.4, 0.5) is 8.78 Å². The normalized spacial score (nSPS) is 29.1. The van der Waals surface area contributed by atoms with E-state index in [4.69, 9.17) is 10.5 Å². The Balaban J connectivity index is 2.29. The van der Waals surface area contributed by atoms with E-state index in [9.17, 15) is 8.78 Å². The third kappa shape index (κ3) is 3.50. The molecule has 1 fully saturated rings. The number of hydrogen-bond donors (Lipinski definition) is 1. The van der Waals surface area contributed by atoms with Crippen LogP contribution in [0.25, 0.3) is 0 Å². The minimum absolute atomic E-state index is 0.00109. The van der Waals surface area contributed by atoms with Crippen LogP contribution in [0.2, 0.25) is 0 Å². The van der Waals surface area contributed by atoms with Crippen molar-refractivity contribution in [2.24, 2.45) is 11.7 Å². The number of rotatable bonds is 4. The lowest BCUT2D eigenvalue weighted by Crippen LogP contribution is -2.37. The van der Waals surface area contributed by atoms with Crippen molar-refractivity contribution in [3.8, 4) is 0 Å². The van der Waals surface area contributed by atoms with Crippen LogP contribution in [-0.4, -0.2) is 25.2 Å². The molecule has 1 aliphatic carbocycles. The van der Waals surface area contributed by atoms with Crippen LogP contribution in [-0.2, 0) is 4.74 Å². The molecule has 0 radical (unpaired) electrons. The molecule has 2 atom stereocenters. The van der Waals surface area contributed by atoms with Crippen LogP contribution in [0.5, 0.6) is 0 Å². The summed E-state index contributed by atoms with van der Waals surface area (Å²) in [7, 11) is 0.